The Morgan fingerprint density at radius 3 is 2.52 bits per heavy atom. The van der Waals surface area contributed by atoms with Gasteiger partial charge in [-0.05, 0) is 41.8 Å². The van der Waals surface area contributed by atoms with Crippen molar-refractivity contribution in [2.24, 2.45) is 5.92 Å². The molecule has 0 aliphatic rings. The number of nitrogens with one attached hydrogen (secondary N) is 1. The monoisotopic (exact) mass is 332 g/mol. The molecule has 1 amide bonds. The fourth-order valence-electron chi connectivity index (χ4n) is 1.98. The number of nitrogens with two attached hydrogens (primary N) is 1. The van der Waals surface area contributed by atoms with E-state index in [-0.39, 0.29) is 12.3 Å². The Balaban J connectivity index is 1.95. The predicted molar refractivity (Wildman–Crippen MR) is 95.0 cm³/mol. The molecule has 0 aliphatic heterocycles. The maximum Gasteiger partial charge on any atom is 0.228 e. The first-order chi connectivity index (χ1) is 10.9. The molecule has 2 rings (SSSR count). The van der Waals surface area contributed by atoms with Gasteiger partial charge in [0, 0.05) is 11.4 Å². The molecule has 2 aromatic carbocycles. The van der Waals surface area contributed by atoms with Gasteiger partial charge in [0.1, 0.15) is 5.75 Å². The largest absolute Gasteiger partial charge is 0.492 e. The van der Waals surface area contributed by atoms with Crippen LogP contribution in [-0.2, 0) is 11.2 Å². The van der Waals surface area contributed by atoms with Gasteiger partial charge in [0.05, 0.1) is 18.1 Å². The lowest BCUT2D eigenvalue weighted by molar-refractivity contribution is -0.115. The van der Waals surface area contributed by atoms with Crippen LogP contribution in [0.1, 0.15) is 19.4 Å². The molecular formula is C18H21ClN2O2. The van der Waals surface area contributed by atoms with E-state index in [1.165, 1.54) is 0 Å². The fraction of sp³-hybridized carbons (Fsp3) is 0.278. The van der Waals surface area contributed by atoms with Crippen LogP contribution in [-0.4, -0.2) is 12.5 Å². The minimum absolute atomic E-state index is 0.110. The van der Waals surface area contributed by atoms with Crippen molar-refractivity contribution in [3.63, 3.8) is 0 Å². The van der Waals surface area contributed by atoms with Crippen LogP contribution in [0.25, 0.3) is 0 Å². The zero-order valence-corrected chi connectivity index (χ0v) is 14.1. The maximum atomic E-state index is 12.1. The summed E-state index contributed by atoms with van der Waals surface area (Å²) in [6, 6.07) is 12.5. The van der Waals surface area contributed by atoms with Gasteiger partial charge in [0.2, 0.25) is 5.91 Å². The van der Waals surface area contributed by atoms with Gasteiger partial charge in [0.25, 0.3) is 0 Å². The molecule has 0 aliphatic carbocycles. The standard InChI is InChI=1S/C18H21ClN2O2/c1-12(2)11-23-17-8-7-15(10-16(17)19)21-18(22)9-13-3-5-14(20)6-4-13/h3-8,10,12H,9,11,20H2,1-2H3,(H,21,22). The van der Waals surface area contributed by atoms with Gasteiger partial charge >= 0.3 is 0 Å². The Morgan fingerprint density at radius 2 is 1.91 bits per heavy atom. The quantitative estimate of drug-likeness (QED) is 0.781. The lowest BCUT2D eigenvalue weighted by atomic mass is 10.1. The van der Waals surface area contributed by atoms with E-state index in [2.05, 4.69) is 19.2 Å². The van der Waals surface area contributed by atoms with Crippen LogP contribution in [0.5, 0.6) is 5.75 Å². The van der Waals surface area contributed by atoms with Crippen molar-refractivity contribution in [3.8, 4) is 5.75 Å². The van der Waals surface area contributed by atoms with Crippen LogP contribution in [0.3, 0.4) is 0 Å². The molecular weight excluding hydrogens is 312 g/mol. The lowest BCUT2D eigenvalue weighted by Gasteiger charge is -2.12. The summed E-state index contributed by atoms with van der Waals surface area (Å²) in [5.74, 6) is 0.934. The zero-order valence-electron chi connectivity index (χ0n) is 13.3. The van der Waals surface area contributed by atoms with Crippen molar-refractivity contribution in [1.82, 2.24) is 0 Å². The molecule has 0 fully saturated rings. The van der Waals surface area contributed by atoms with Crippen molar-refractivity contribution >= 4 is 28.9 Å². The molecule has 23 heavy (non-hydrogen) atoms. The van der Waals surface area contributed by atoms with E-state index < -0.39 is 0 Å². The SMILES string of the molecule is CC(C)COc1ccc(NC(=O)Cc2ccc(N)cc2)cc1Cl. The average Bonchev–Trinajstić information content (AvgIpc) is 2.48. The van der Waals surface area contributed by atoms with Gasteiger partial charge in [-0.15, -0.1) is 0 Å². The molecule has 0 heterocycles. The molecule has 0 unspecified atom stereocenters. The average molecular weight is 333 g/mol. The van der Waals surface area contributed by atoms with E-state index in [0.717, 1.165) is 5.56 Å². The topological polar surface area (TPSA) is 64.3 Å². The molecule has 0 atom stereocenters. The van der Waals surface area contributed by atoms with E-state index in [4.69, 9.17) is 22.1 Å². The first-order valence-electron chi connectivity index (χ1n) is 7.50. The fourth-order valence-corrected chi connectivity index (χ4v) is 2.21. The number of halogens is 1. The van der Waals surface area contributed by atoms with E-state index >= 15 is 0 Å². The summed E-state index contributed by atoms with van der Waals surface area (Å²) in [5.41, 5.74) is 7.85. The molecule has 0 saturated carbocycles. The minimum atomic E-state index is -0.110. The summed E-state index contributed by atoms with van der Waals surface area (Å²) in [6.45, 7) is 4.74. The van der Waals surface area contributed by atoms with Crippen LogP contribution >= 0.6 is 11.6 Å². The van der Waals surface area contributed by atoms with Crippen LogP contribution in [0.2, 0.25) is 5.02 Å². The Labute approximate surface area is 141 Å². The third kappa shape index (κ3) is 5.49. The smallest absolute Gasteiger partial charge is 0.228 e. The number of hydrogen-bond acceptors (Lipinski definition) is 3. The maximum absolute atomic E-state index is 12.1. The molecule has 3 N–H and O–H groups in total. The van der Waals surface area contributed by atoms with E-state index in [9.17, 15) is 4.79 Å². The predicted octanol–water partition coefficient (Wildman–Crippen LogP) is 4.14. The lowest BCUT2D eigenvalue weighted by Crippen LogP contribution is -2.14. The van der Waals surface area contributed by atoms with Crippen molar-refractivity contribution in [3.05, 3.63) is 53.1 Å². The highest BCUT2D eigenvalue weighted by Crippen LogP contribution is 2.28. The number of hydrogen-bond donors (Lipinski definition) is 2. The van der Waals surface area contributed by atoms with Gasteiger partial charge in [0.15, 0.2) is 0 Å². The molecule has 0 saturated heterocycles. The normalized spacial score (nSPS) is 10.6. The molecule has 0 aromatic heterocycles. The number of carbonyl (C=O) groups is 1. The summed E-state index contributed by atoms with van der Waals surface area (Å²) in [4.78, 5) is 12.1. The Bertz CT molecular complexity index is 669. The molecule has 0 radical (unpaired) electrons. The van der Waals surface area contributed by atoms with Crippen LogP contribution < -0.4 is 15.8 Å². The first kappa shape index (κ1) is 17.2. The van der Waals surface area contributed by atoms with Crippen LogP contribution in [0.4, 0.5) is 11.4 Å². The number of carbonyl (C=O) groups excluding carboxylic acids is 1. The number of anilines is 2. The Morgan fingerprint density at radius 1 is 1.22 bits per heavy atom. The summed E-state index contributed by atoms with van der Waals surface area (Å²) in [7, 11) is 0. The molecule has 0 bridgehead atoms. The molecule has 2 aromatic rings. The number of ether oxygens (including phenoxy) is 1. The zero-order chi connectivity index (χ0) is 16.8. The molecule has 4 nitrogen and oxygen atoms in total. The number of benzene rings is 2. The van der Waals surface area contributed by atoms with Crippen LogP contribution in [0, 0.1) is 5.92 Å². The summed E-state index contributed by atoms with van der Waals surface area (Å²) in [5, 5.41) is 3.31. The summed E-state index contributed by atoms with van der Waals surface area (Å²) >= 11 is 6.18. The van der Waals surface area contributed by atoms with Gasteiger partial charge in [-0.25, -0.2) is 0 Å². The molecule has 122 valence electrons. The Kier molecular flexibility index (Phi) is 5.88. The highest BCUT2D eigenvalue weighted by Gasteiger charge is 2.08. The third-order valence-electron chi connectivity index (χ3n) is 3.13. The molecule has 0 spiro atoms. The highest BCUT2D eigenvalue weighted by atomic mass is 35.5. The van der Waals surface area contributed by atoms with E-state index in [1.54, 1.807) is 30.3 Å². The summed E-state index contributed by atoms with van der Waals surface area (Å²) in [6.07, 6.45) is 0.281. The van der Waals surface area contributed by atoms with Crippen LogP contribution in [0.15, 0.2) is 42.5 Å². The van der Waals surface area contributed by atoms with Gasteiger partial charge in [-0.2, -0.15) is 0 Å². The number of nitrogen functional groups attached to an aromatic ring is 1. The minimum Gasteiger partial charge on any atom is -0.492 e. The third-order valence-corrected chi connectivity index (χ3v) is 3.43. The second-order valence-corrected chi connectivity index (χ2v) is 6.22. The first-order valence-corrected chi connectivity index (χ1v) is 7.88. The van der Waals surface area contributed by atoms with Gasteiger partial charge < -0.3 is 15.8 Å². The second-order valence-electron chi connectivity index (χ2n) is 5.82. The highest BCUT2D eigenvalue weighted by molar-refractivity contribution is 6.32. The van der Waals surface area contributed by atoms with Crippen molar-refractivity contribution in [2.45, 2.75) is 20.3 Å². The van der Waals surface area contributed by atoms with Gasteiger partial charge in [-0.3, -0.25) is 4.79 Å². The number of rotatable bonds is 6. The number of amides is 1. The second kappa shape index (κ2) is 7.88. The Hall–Kier alpha value is -2.20. The van der Waals surface area contributed by atoms with E-state index in [0.29, 0.717) is 34.7 Å². The van der Waals surface area contributed by atoms with Gasteiger partial charge in [-0.1, -0.05) is 37.6 Å². The van der Waals surface area contributed by atoms with Crippen molar-refractivity contribution in [2.75, 3.05) is 17.7 Å². The van der Waals surface area contributed by atoms with Crippen molar-refractivity contribution < 1.29 is 9.53 Å². The van der Waals surface area contributed by atoms with E-state index in [1.807, 2.05) is 12.1 Å². The summed E-state index contributed by atoms with van der Waals surface area (Å²) < 4.78 is 5.61. The van der Waals surface area contributed by atoms with Crippen molar-refractivity contribution in [1.29, 1.82) is 0 Å². The molecule has 5 heteroatoms.